The number of hydrogen-bond donors (Lipinski definition) is 2. The molecular weight excluding hydrogens is 320 g/mol. The number of rotatable bonds is 5. The van der Waals surface area contributed by atoms with Crippen LogP contribution < -0.4 is 15.5 Å². The van der Waals surface area contributed by atoms with Crippen LogP contribution in [0.3, 0.4) is 0 Å². The lowest BCUT2D eigenvalue weighted by Crippen LogP contribution is -2.90. The van der Waals surface area contributed by atoms with Gasteiger partial charge in [-0.3, -0.25) is 19.4 Å². The van der Waals surface area contributed by atoms with Gasteiger partial charge in [-0.15, -0.1) is 0 Å². The minimum atomic E-state index is -0.428. The summed E-state index contributed by atoms with van der Waals surface area (Å²) in [5.41, 5.74) is 2.14. The van der Waals surface area contributed by atoms with E-state index in [0.29, 0.717) is 17.9 Å². The topological polar surface area (TPSA) is 96.0 Å². The van der Waals surface area contributed by atoms with Crippen molar-refractivity contribution in [1.29, 1.82) is 0 Å². The first-order valence-electron chi connectivity index (χ1n) is 8.01. The van der Waals surface area contributed by atoms with Gasteiger partial charge in [0, 0.05) is 30.6 Å². The molecule has 1 aromatic heterocycles. The molecule has 2 aromatic rings. The number of pyridine rings is 1. The summed E-state index contributed by atoms with van der Waals surface area (Å²) in [6.45, 7) is 2.01. The second-order valence-corrected chi connectivity index (χ2v) is 5.91. The molecule has 7 nitrogen and oxygen atoms in total. The minimum Gasteiger partial charge on any atom is -0.332 e. The molecule has 3 N–H and O–H groups in total. The Balaban J connectivity index is 1.67. The molecule has 3 amide bonds. The maximum Gasteiger partial charge on any atom is 0.292 e. The van der Waals surface area contributed by atoms with Crippen molar-refractivity contribution in [2.24, 2.45) is 0 Å². The molecule has 1 aliphatic heterocycles. The highest BCUT2D eigenvalue weighted by Crippen LogP contribution is 2.23. The van der Waals surface area contributed by atoms with Gasteiger partial charge in [0.25, 0.3) is 5.91 Å². The summed E-state index contributed by atoms with van der Waals surface area (Å²) in [5.74, 6) is -0.614. The highest BCUT2D eigenvalue weighted by Gasteiger charge is 2.42. The number of nitrogens with one attached hydrogen (secondary N) is 1. The minimum absolute atomic E-state index is 0.173. The Morgan fingerprint density at radius 2 is 2.04 bits per heavy atom. The summed E-state index contributed by atoms with van der Waals surface area (Å²) in [5, 5.41) is 4.52. The highest BCUT2D eigenvalue weighted by atomic mass is 16.2. The summed E-state index contributed by atoms with van der Waals surface area (Å²) in [4.78, 5) is 41.2. The van der Waals surface area contributed by atoms with E-state index >= 15 is 0 Å². The van der Waals surface area contributed by atoms with Crippen LogP contribution >= 0.6 is 0 Å². The van der Waals surface area contributed by atoms with Crippen LogP contribution in [0, 0.1) is 0 Å². The van der Waals surface area contributed by atoms with Crippen molar-refractivity contribution in [3.05, 3.63) is 54.4 Å². The quantitative estimate of drug-likeness (QED) is 0.773. The van der Waals surface area contributed by atoms with Crippen LogP contribution in [0.15, 0.2) is 48.8 Å². The van der Waals surface area contributed by atoms with Gasteiger partial charge >= 0.3 is 0 Å². The second kappa shape index (κ2) is 7.23. The van der Waals surface area contributed by atoms with Gasteiger partial charge in [0.2, 0.25) is 11.8 Å². The van der Waals surface area contributed by atoms with E-state index in [9.17, 15) is 14.4 Å². The lowest BCUT2D eigenvalue weighted by atomic mass is 10.2. The number of nitrogens with two attached hydrogens (primary N) is 1. The van der Waals surface area contributed by atoms with E-state index in [1.807, 2.05) is 17.4 Å². The first-order valence-corrected chi connectivity index (χ1v) is 8.01. The standard InChI is InChI=1S/C18H18N4O3/c1-12(23)21-14-4-6-15(7-5-14)22-17(24)9-16(18(22)25)20-11-13-3-2-8-19-10-13/h2-8,10,16,20H,9,11H2,1H3,(H,21,23)/p+1. The Hall–Kier alpha value is -3.06. The molecule has 0 bridgehead atoms. The third kappa shape index (κ3) is 3.89. The maximum absolute atomic E-state index is 12.6. The third-order valence-corrected chi connectivity index (χ3v) is 3.99. The number of imide groups is 1. The zero-order valence-electron chi connectivity index (χ0n) is 13.8. The molecule has 0 aliphatic carbocycles. The van der Waals surface area contributed by atoms with Gasteiger partial charge in [-0.05, 0) is 30.3 Å². The number of amides is 3. The van der Waals surface area contributed by atoms with E-state index in [1.54, 1.807) is 36.7 Å². The predicted octanol–water partition coefficient (Wildman–Crippen LogP) is 0.436. The van der Waals surface area contributed by atoms with E-state index in [1.165, 1.54) is 11.8 Å². The number of hydrogen-bond acceptors (Lipinski definition) is 4. The van der Waals surface area contributed by atoms with Crippen molar-refractivity contribution >= 4 is 29.1 Å². The van der Waals surface area contributed by atoms with Crippen molar-refractivity contribution in [2.75, 3.05) is 10.2 Å². The molecule has 1 fully saturated rings. The fourth-order valence-electron chi connectivity index (χ4n) is 2.81. The van der Waals surface area contributed by atoms with Crippen molar-refractivity contribution in [1.82, 2.24) is 4.98 Å². The molecule has 1 aliphatic rings. The van der Waals surface area contributed by atoms with Gasteiger partial charge < -0.3 is 10.6 Å². The number of anilines is 2. The van der Waals surface area contributed by atoms with Gasteiger partial charge in [0.05, 0.1) is 12.1 Å². The lowest BCUT2D eigenvalue weighted by Gasteiger charge is -2.15. The molecule has 3 rings (SSSR count). The smallest absolute Gasteiger partial charge is 0.292 e. The normalized spacial score (nSPS) is 17.0. The van der Waals surface area contributed by atoms with E-state index in [4.69, 9.17) is 0 Å². The summed E-state index contributed by atoms with van der Waals surface area (Å²) < 4.78 is 0. The highest BCUT2D eigenvalue weighted by molar-refractivity contribution is 6.21. The average molecular weight is 339 g/mol. The maximum atomic E-state index is 12.6. The fraction of sp³-hybridized carbons (Fsp3) is 0.222. The number of nitrogens with zero attached hydrogens (tertiary/aromatic N) is 2. The van der Waals surface area contributed by atoms with Gasteiger partial charge in [-0.25, -0.2) is 4.90 Å². The molecule has 2 heterocycles. The van der Waals surface area contributed by atoms with E-state index < -0.39 is 6.04 Å². The molecule has 25 heavy (non-hydrogen) atoms. The summed E-state index contributed by atoms with van der Waals surface area (Å²) in [6, 6.07) is 10.0. The number of quaternary nitrogens is 1. The van der Waals surface area contributed by atoms with E-state index in [-0.39, 0.29) is 24.1 Å². The molecule has 0 saturated carbocycles. The van der Waals surface area contributed by atoms with Crippen molar-refractivity contribution < 1.29 is 19.7 Å². The lowest BCUT2D eigenvalue weighted by molar-refractivity contribution is -0.690. The van der Waals surface area contributed by atoms with Gasteiger partial charge in [-0.1, -0.05) is 6.07 Å². The third-order valence-electron chi connectivity index (χ3n) is 3.99. The molecule has 0 radical (unpaired) electrons. The molecular formula is C18H19N4O3+. The van der Waals surface area contributed by atoms with Gasteiger partial charge in [-0.2, -0.15) is 0 Å². The van der Waals surface area contributed by atoms with Crippen LogP contribution in [0.2, 0.25) is 0 Å². The Morgan fingerprint density at radius 3 is 2.68 bits per heavy atom. The molecule has 1 aromatic carbocycles. The number of carbonyl (C=O) groups is 3. The largest absolute Gasteiger partial charge is 0.332 e. The summed E-state index contributed by atoms with van der Waals surface area (Å²) in [6.07, 6.45) is 3.61. The van der Waals surface area contributed by atoms with Crippen LogP contribution in [0.4, 0.5) is 11.4 Å². The SMILES string of the molecule is CC(=O)Nc1ccc(N2C(=O)CC([NH2+]Cc3cccnc3)C2=O)cc1. The number of carbonyl (C=O) groups excluding carboxylic acids is 3. The predicted molar refractivity (Wildman–Crippen MR) is 91.5 cm³/mol. The second-order valence-electron chi connectivity index (χ2n) is 5.91. The molecule has 128 valence electrons. The summed E-state index contributed by atoms with van der Waals surface area (Å²) in [7, 11) is 0. The van der Waals surface area contributed by atoms with Crippen LogP contribution in [0.5, 0.6) is 0 Å². The van der Waals surface area contributed by atoms with E-state index in [0.717, 1.165) is 5.56 Å². The molecule has 1 atom stereocenters. The Labute approximate surface area is 145 Å². The Bertz CT molecular complexity index is 790. The van der Waals surface area contributed by atoms with Crippen LogP contribution in [-0.2, 0) is 20.9 Å². The molecule has 0 spiro atoms. The number of aromatic nitrogens is 1. The Kier molecular flexibility index (Phi) is 4.85. The number of benzene rings is 1. The molecule has 7 heteroatoms. The van der Waals surface area contributed by atoms with Gasteiger partial charge in [0.15, 0.2) is 6.04 Å². The zero-order chi connectivity index (χ0) is 17.8. The van der Waals surface area contributed by atoms with Crippen molar-refractivity contribution in [3.8, 4) is 0 Å². The zero-order valence-corrected chi connectivity index (χ0v) is 13.8. The Morgan fingerprint density at radius 1 is 1.28 bits per heavy atom. The van der Waals surface area contributed by atoms with Crippen LogP contribution in [0.1, 0.15) is 18.9 Å². The molecule has 1 saturated heterocycles. The van der Waals surface area contributed by atoms with Crippen LogP contribution in [0.25, 0.3) is 0 Å². The average Bonchev–Trinajstić information content (AvgIpc) is 2.88. The van der Waals surface area contributed by atoms with Gasteiger partial charge in [0.1, 0.15) is 6.54 Å². The van der Waals surface area contributed by atoms with Crippen LogP contribution in [-0.4, -0.2) is 28.7 Å². The van der Waals surface area contributed by atoms with E-state index in [2.05, 4.69) is 10.3 Å². The first kappa shape index (κ1) is 16.8. The molecule has 1 unspecified atom stereocenters. The van der Waals surface area contributed by atoms with Crippen molar-refractivity contribution in [2.45, 2.75) is 25.9 Å². The summed E-state index contributed by atoms with van der Waals surface area (Å²) >= 11 is 0. The monoisotopic (exact) mass is 339 g/mol. The fourth-order valence-corrected chi connectivity index (χ4v) is 2.81. The van der Waals surface area contributed by atoms with Crippen molar-refractivity contribution in [3.63, 3.8) is 0 Å². The first-order chi connectivity index (χ1) is 12.0.